The molecule has 1 aliphatic rings. The highest BCUT2D eigenvalue weighted by Crippen LogP contribution is 2.52. The largest absolute Gasteiger partial charge is 0.472 e. The van der Waals surface area contributed by atoms with E-state index in [-0.39, 0.29) is 26.4 Å². The first-order chi connectivity index (χ1) is 10.6. The summed E-state index contributed by atoms with van der Waals surface area (Å²) in [7, 11) is 0. The molecular weight excluding hydrogens is 439 g/mol. The molecule has 2 aromatic rings. The van der Waals surface area contributed by atoms with Crippen LogP contribution in [0.3, 0.4) is 0 Å². The molecule has 0 spiro atoms. The highest BCUT2D eigenvalue weighted by Gasteiger charge is 2.61. The zero-order valence-corrected chi connectivity index (χ0v) is 15.0. The standard InChI is InChI=1S/C15H7BrCl3F3O/c16-11-1-7-6-14(15(20,21)22,23-13(7)5-12(11)19)8-2-9(17)4-10(18)3-8/h1-5H,6H2. The summed E-state index contributed by atoms with van der Waals surface area (Å²) in [6.45, 7) is 0. The average molecular weight is 446 g/mol. The van der Waals surface area contributed by atoms with Gasteiger partial charge in [0.2, 0.25) is 5.60 Å². The van der Waals surface area contributed by atoms with Gasteiger partial charge in [0.1, 0.15) is 5.75 Å². The fourth-order valence-corrected chi connectivity index (χ4v) is 3.64. The lowest BCUT2D eigenvalue weighted by Crippen LogP contribution is -2.46. The van der Waals surface area contributed by atoms with Crippen LogP contribution in [0.15, 0.2) is 34.8 Å². The molecule has 1 unspecified atom stereocenters. The van der Waals surface area contributed by atoms with Crippen molar-refractivity contribution in [1.82, 2.24) is 0 Å². The molecule has 8 heteroatoms. The first kappa shape index (κ1) is 17.2. The van der Waals surface area contributed by atoms with Crippen molar-refractivity contribution in [2.45, 2.75) is 18.2 Å². The molecule has 0 fully saturated rings. The van der Waals surface area contributed by atoms with Crippen LogP contribution in [0.25, 0.3) is 0 Å². The lowest BCUT2D eigenvalue weighted by atomic mass is 9.88. The Kier molecular flexibility index (Phi) is 4.28. The van der Waals surface area contributed by atoms with Crippen molar-refractivity contribution in [3.05, 3.63) is 61.0 Å². The van der Waals surface area contributed by atoms with Crippen molar-refractivity contribution in [3.63, 3.8) is 0 Å². The van der Waals surface area contributed by atoms with E-state index < -0.39 is 18.2 Å². The summed E-state index contributed by atoms with van der Waals surface area (Å²) in [5.74, 6) is 0.0895. The molecule has 1 aliphatic heterocycles. The number of hydrogen-bond donors (Lipinski definition) is 0. The lowest BCUT2D eigenvalue weighted by molar-refractivity contribution is -0.248. The number of ether oxygens (including phenoxy) is 1. The molecule has 0 aliphatic carbocycles. The number of halogens is 7. The van der Waals surface area contributed by atoms with Gasteiger partial charge in [-0.2, -0.15) is 13.2 Å². The van der Waals surface area contributed by atoms with Crippen molar-refractivity contribution < 1.29 is 17.9 Å². The molecule has 0 radical (unpaired) electrons. The van der Waals surface area contributed by atoms with Crippen LogP contribution in [-0.2, 0) is 12.0 Å². The van der Waals surface area contributed by atoms with Crippen LogP contribution in [0.4, 0.5) is 13.2 Å². The molecule has 2 aromatic carbocycles. The Hall–Kier alpha value is -0.620. The van der Waals surface area contributed by atoms with Crippen molar-refractivity contribution in [2.24, 2.45) is 0 Å². The van der Waals surface area contributed by atoms with Gasteiger partial charge in [0, 0.05) is 38.1 Å². The molecule has 23 heavy (non-hydrogen) atoms. The van der Waals surface area contributed by atoms with Crippen LogP contribution in [0, 0.1) is 0 Å². The van der Waals surface area contributed by atoms with Crippen LogP contribution >= 0.6 is 50.7 Å². The molecule has 122 valence electrons. The second kappa shape index (κ2) is 5.73. The van der Waals surface area contributed by atoms with E-state index in [1.807, 2.05) is 0 Å². The quantitative estimate of drug-likeness (QED) is 0.468. The molecule has 0 bridgehead atoms. The van der Waals surface area contributed by atoms with Gasteiger partial charge in [-0.1, -0.05) is 34.8 Å². The minimum absolute atomic E-state index is 0.0895. The zero-order valence-electron chi connectivity index (χ0n) is 11.1. The third kappa shape index (κ3) is 2.93. The van der Waals surface area contributed by atoms with Gasteiger partial charge in [0.25, 0.3) is 0 Å². The van der Waals surface area contributed by atoms with Gasteiger partial charge >= 0.3 is 6.18 Å². The summed E-state index contributed by atoms with van der Waals surface area (Å²) >= 11 is 20.9. The average Bonchev–Trinajstić information content (AvgIpc) is 2.77. The first-order valence-electron chi connectivity index (χ1n) is 6.32. The van der Waals surface area contributed by atoms with E-state index in [0.29, 0.717) is 10.0 Å². The summed E-state index contributed by atoms with van der Waals surface area (Å²) < 4.78 is 47.5. The Morgan fingerprint density at radius 3 is 2.17 bits per heavy atom. The highest BCUT2D eigenvalue weighted by molar-refractivity contribution is 9.10. The molecule has 1 atom stereocenters. The van der Waals surface area contributed by atoms with Crippen molar-refractivity contribution >= 4 is 50.7 Å². The molecular formula is C15H7BrCl3F3O. The normalized spacial score (nSPS) is 20.3. The SMILES string of the molecule is FC(F)(F)C1(c2cc(Cl)cc(Cl)c2)Cc2cc(Br)c(Cl)cc2O1. The molecule has 0 aromatic heterocycles. The molecule has 0 saturated heterocycles. The zero-order chi connectivity index (χ0) is 17.0. The van der Waals surface area contributed by atoms with Crippen LogP contribution < -0.4 is 4.74 Å². The summed E-state index contributed by atoms with van der Waals surface area (Å²) in [5.41, 5.74) is -2.30. The van der Waals surface area contributed by atoms with E-state index in [4.69, 9.17) is 39.5 Å². The third-order valence-corrected chi connectivity index (χ3v) is 5.25. The summed E-state index contributed by atoms with van der Waals surface area (Å²) in [5, 5.41) is 0.482. The van der Waals surface area contributed by atoms with E-state index in [1.54, 1.807) is 0 Å². The number of rotatable bonds is 1. The van der Waals surface area contributed by atoms with Crippen molar-refractivity contribution in [1.29, 1.82) is 0 Å². The van der Waals surface area contributed by atoms with Gasteiger partial charge in [-0.3, -0.25) is 0 Å². The van der Waals surface area contributed by atoms with E-state index in [0.717, 1.165) is 0 Å². The summed E-state index contributed by atoms with van der Waals surface area (Å²) in [6.07, 6.45) is -5.06. The maximum atomic E-state index is 13.9. The molecule has 3 rings (SSSR count). The molecule has 0 saturated carbocycles. The molecule has 1 nitrogen and oxygen atoms in total. The maximum absolute atomic E-state index is 13.9. The topological polar surface area (TPSA) is 9.23 Å². The molecule has 1 heterocycles. The Labute approximate surface area is 153 Å². The van der Waals surface area contributed by atoms with E-state index in [9.17, 15) is 13.2 Å². The smallest absolute Gasteiger partial charge is 0.432 e. The van der Waals surface area contributed by atoms with E-state index in [2.05, 4.69) is 15.9 Å². The van der Waals surface area contributed by atoms with Crippen LogP contribution in [-0.4, -0.2) is 6.18 Å². The Morgan fingerprint density at radius 1 is 1.00 bits per heavy atom. The predicted molar refractivity (Wildman–Crippen MR) is 87.7 cm³/mol. The molecule has 0 N–H and O–H groups in total. The minimum Gasteiger partial charge on any atom is -0.472 e. The number of alkyl halides is 3. The fourth-order valence-electron chi connectivity index (χ4n) is 2.56. The number of fused-ring (bicyclic) bond motifs is 1. The van der Waals surface area contributed by atoms with Crippen LogP contribution in [0.1, 0.15) is 11.1 Å². The van der Waals surface area contributed by atoms with Crippen LogP contribution in [0.2, 0.25) is 15.1 Å². The maximum Gasteiger partial charge on any atom is 0.432 e. The van der Waals surface area contributed by atoms with E-state index in [1.165, 1.54) is 30.3 Å². The van der Waals surface area contributed by atoms with E-state index >= 15 is 0 Å². The first-order valence-corrected chi connectivity index (χ1v) is 8.25. The van der Waals surface area contributed by atoms with Gasteiger partial charge in [0.15, 0.2) is 0 Å². The number of hydrogen-bond acceptors (Lipinski definition) is 1. The van der Waals surface area contributed by atoms with Gasteiger partial charge < -0.3 is 4.74 Å². The lowest BCUT2D eigenvalue weighted by Gasteiger charge is -2.31. The monoisotopic (exact) mass is 444 g/mol. The Bertz CT molecular complexity index is 741. The predicted octanol–water partition coefficient (Wildman–Crippen LogP) is 6.80. The van der Waals surface area contributed by atoms with Crippen molar-refractivity contribution in [3.8, 4) is 5.75 Å². The minimum atomic E-state index is -4.67. The highest BCUT2D eigenvalue weighted by atomic mass is 79.9. The van der Waals surface area contributed by atoms with Crippen molar-refractivity contribution in [2.75, 3.05) is 0 Å². The Morgan fingerprint density at radius 2 is 1.61 bits per heavy atom. The third-order valence-electron chi connectivity index (χ3n) is 3.61. The second-order valence-corrected chi connectivity index (χ2v) is 7.27. The summed E-state index contributed by atoms with van der Waals surface area (Å²) in [4.78, 5) is 0. The van der Waals surface area contributed by atoms with Gasteiger partial charge in [-0.15, -0.1) is 0 Å². The second-order valence-electron chi connectivity index (χ2n) is 5.14. The van der Waals surface area contributed by atoms with Crippen LogP contribution in [0.5, 0.6) is 5.75 Å². The molecule has 0 amide bonds. The fraction of sp³-hybridized carbons (Fsp3) is 0.200. The Balaban J connectivity index is 2.18. The van der Waals surface area contributed by atoms with Gasteiger partial charge in [-0.25, -0.2) is 0 Å². The van der Waals surface area contributed by atoms with Gasteiger partial charge in [-0.05, 0) is 40.2 Å². The number of benzene rings is 2. The van der Waals surface area contributed by atoms with Gasteiger partial charge in [0.05, 0.1) is 5.02 Å². The summed E-state index contributed by atoms with van der Waals surface area (Å²) in [6, 6.07) is 6.68.